The predicted molar refractivity (Wildman–Crippen MR) is 56.8 cm³/mol. The smallest absolute Gasteiger partial charge is 0.391 e. The number of aliphatic hydroxyl groups excluding tert-OH is 1. The Balaban J connectivity index is 2.32. The van der Waals surface area contributed by atoms with E-state index in [1.54, 1.807) is 11.0 Å². The zero-order valence-corrected chi connectivity index (χ0v) is 9.33. The quantitative estimate of drug-likeness (QED) is 0.823. The van der Waals surface area contributed by atoms with Crippen molar-refractivity contribution in [3.05, 3.63) is 23.5 Å². The van der Waals surface area contributed by atoms with E-state index in [1.165, 1.54) is 6.92 Å². The highest BCUT2D eigenvalue weighted by atomic mass is 19.4. The first-order valence-electron chi connectivity index (χ1n) is 5.35. The van der Waals surface area contributed by atoms with Gasteiger partial charge in [-0.15, -0.1) is 0 Å². The van der Waals surface area contributed by atoms with Crippen molar-refractivity contribution in [2.24, 2.45) is 0 Å². The Morgan fingerprint density at radius 3 is 2.65 bits per heavy atom. The number of hydrogen-bond acceptors (Lipinski definition) is 3. The van der Waals surface area contributed by atoms with Crippen LogP contribution in [-0.4, -0.2) is 29.3 Å². The lowest BCUT2D eigenvalue weighted by atomic mass is 10.2. The highest BCUT2D eigenvalue weighted by molar-refractivity contribution is 5.49. The summed E-state index contributed by atoms with van der Waals surface area (Å²) in [6, 6.07) is 2.64. The number of aliphatic hydroxyl groups is 1. The number of hydrogen-bond donors (Lipinski definition) is 1. The first-order valence-corrected chi connectivity index (χ1v) is 5.35. The molecule has 0 bridgehead atoms. The Morgan fingerprint density at radius 1 is 1.41 bits per heavy atom. The van der Waals surface area contributed by atoms with Crippen LogP contribution < -0.4 is 4.90 Å². The van der Waals surface area contributed by atoms with E-state index in [0.29, 0.717) is 30.9 Å². The molecule has 1 unspecified atom stereocenters. The van der Waals surface area contributed by atoms with E-state index in [0.717, 1.165) is 6.07 Å². The SMILES string of the molecule is Cc1cc(N2CCC(O)C2)cc(C(F)(F)F)n1. The van der Waals surface area contributed by atoms with Crippen molar-refractivity contribution in [3.63, 3.8) is 0 Å². The van der Waals surface area contributed by atoms with Crippen molar-refractivity contribution in [2.75, 3.05) is 18.0 Å². The van der Waals surface area contributed by atoms with Crippen LogP contribution in [0.25, 0.3) is 0 Å². The summed E-state index contributed by atoms with van der Waals surface area (Å²) >= 11 is 0. The van der Waals surface area contributed by atoms with Gasteiger partial charge in [0, 0.05) is 24.5 Å². The van der Waals surface area contributed by atoms with E-state index in [9.17, 15) is 18.3 Å². The number of aromatic nitrogens is 1. The predicted octanol–water partition coefficient (Wildman–Crippen LogP) is 1.98. The van der Waals surface area contributed by atoms with Gasteiger partial charge in [0.2, 0.25) is 0 Å². The van der Waals surface area contributed by atoms with Crippen LogP contribution in [0.3, 0.4) is 0 Å². The summed E-state index contributed by atoms with van der Waals surface area (Å²) in [5.41, 5.74) is -0.0773. The van der Waals surface area contributed by atoms with Gasteiger partial charge in [0.1, 0.15) is 5.69 Å². The van der Waals surface area contributed by atoms with Gasteiger partial charge in [-0.05, 0) is 25.5 Å². The molecule has 0 amide bonds. The number of aryl methyl sites for hydroxylation is 1. The molecule has 1 aliphatic heterocycles. The van der Waals surface area contributed by atoms with Crippen LogP contribution in [0.15, 0.2) is 12.1 Å². The fourth-order valence-corrected chi connectivity index (χ4v) is 1.95. The van der Waals surface area contributed by atoms with E-state index in [-0.39, 0.29) is 0 Å². The molecule has 0 aromatic carbocycles. The molecule has 1 N–H and O–H groups in total. The topological polar surface area (TPSA) is 36.4 Å². The Labute approximate surface area is 96.9 Å². The van der Waals surface area contributed by atoms with Gasteiger partial charge < -0.3 is 10.0 Å². The maximum Gasteiger partial charge on any atom is 0.433 e. The van der Waals surface area contributed by atoms with E-state index in [2.05, 4.69) is 4.98 Å². The van der Waals surface area contributed by atoms with Crippen molar-refractivity contribution in [1.29, 1.82) is 0 Å². The van der Waals surface area contributed by atoms with E-state index in [4.69, 9.17) is 0 Å². The standard InChI is InChI=1S/C11H13F3N2O/c1-7-4-8(16-3-2-9(17)6-16)5-10(15-7)11(12,13)14/h4-5,9,17H,2-3,6H2,1H3. The Kier molecular flexibility index (Phi) is 2.99. The van der Waals surface area contributed by atoms with Crippen LogP contribution in [0.4, 0.5) is 18.9 Å². The van der Waals surface area contributed by atoms with Crippen molar-refractivity contribution in [2.45, 2.75) is 25.6 Å². The first-order chi connectivity index (χ1) is 7.86. The maximum atomic E-state index is 12.6. The zero-order valence-electron chi connectivity index (χ0n) is 9.33. The molecule has 1 aliphatic rings. The Bertz CT molecular complexity index is 420. The summed E-state index contributed by atoms with van der Waals surface area (Å²) in [7, 11) is 0. The average molecular weight is 246 g/mol. The lowest BCUT2D eigenvalue weighted by Crippen LogP contribution is -2.22. The molecule has 0 saturated carbocycles. The van der Waals surface area contributed by atoms with Crippen LogP contribution >= 0.6 is 0 Å². The highest BCUT2D eigenvalue weighted by Gasteiger charge is 2.33. The van der Waals surface area contributed by atoms with Gasteiger partial charge in [0.25, 0.3) is 0 Å². The number of nitrogens with zero attached hydrogens (tertiary/aromatic N) is 2. The molecule has 1 aromatic rings. The summed E-state index contributed by atoms with van der Waals surface area (Å²) in [4.78, 5) is 5.23. The van der Waals surface area contributed by atoms with E-state index < -0.39 is 18.0 Å². The van der Waals surface area contributed by atoms with Gasteiger partial charge in [0.05, 0.1) is 6.10 Å². The fraction of sp³-hybridized carbons (Fsp3) is 0.545. The molecule has 0 radical (unpaired) electrons. The molecule has 2 rings (SSSR count). The summed E-state index contributed by atoms with van der Waals surface area (Å²) in [6.45, 7) is 2.48. The summed E-state index contributed by atoms with van der Waals surface area (Å²) < 4.78 is 37.7. The number of β-amino-alcohol motifs (C(OH)–C–C–N with tert-alkyl or cyclic N) is 1. The molecular formula is C11H13F3N2O. The Morgan fingerprint density at radius 2 is 2.12 bits per heavy atom. The first kappa shape index (κ1) is 12.2. The molecule has 94 valence electrons. The van der Waals surface area contributed by atoms with Crippen molar-refractivity contribution >= 4 is 5.69 Å². The number of alkyl halides is 3. The summed E-state index contributed by atoms with van der Waals surface area (Å²) in [6.07, 6.45) is -4.31. The monoisotopic (exact) mass is 246 g/mol. The Hall–Kier alpha value is -1.30. The minimum atomic E-state index is -4.43. The fourth-order valence-electron chi connectivity index (χ4n) is 1.95. The van der Waals surface area contributed by atoms with Gasteiger partial charge in [-0.1, -0.05) is 0 Å². The van der Waals surface area contributed by atoms with E-state index >= 15 is 0 Å². The van der Waals surface area contributed by atoms with Gasteiger partial charge >= 0.3 is 6.18 Å². The van der Waals surface area contributed by atoms with Crippen molar-refractivity contribution < 1.29 is 18.3 Å². The molecular weight excluding hydrogens is 233 g/mol. The number of rotatable bonds is 1. The van der Waals surface area contributed by atoms with Gasteiger partial charge in [0.15, 0.2) is 0 Å². The minimum absolute atomic E-state index is 0.330. The number of halogens is 3. The molecule has 1 atom stereocenters. The van der Waals surface area contributed by atoms with Gasteiger partial charge in [-0.25, -0.2) is 4.98 Å². The van der Waals surface area contributed by atoms with E-state index in [1.807, 2.05) is 0 Å². The molecule has 0 aliphatic carbocycles. The molecule has 1 saturated heterocycles. The number of pyridine rings is 1. The average Bonchev–Trinajstić information content (AvgIpc) is 2.62. The second-order valence-corrected chi connectivity index (χ2v) is 4.24. The third kappa shape index (κ3) is 2.69. The second kappa shape index (κ2) is 4.18. The summed E-state index contributed by atoms with van der Waals surface area (Å²) in [5, 5.41) is 9.38. The lowest BCUT2D eigenvalue weighted by molar-refractivity contribution is -0.141. The molecule has 1 aromatic heterocycles. The summed E-state index contributed by atoms with van der Waals surface area (Å²) in [5.74, 6) is 0. The third-order valence-corrected chi connectivity index (χ3v) is 2.76. The second-order valence-electron chi connectivity index (χ2n) is 4.24. The normalized spacial score (nSPS) is 21.0. The van der Waals surface area contributed by atoms with Crippen molar-refractivity contribution in [1.82, 2.24) is 4.98 Å². The van der Waals surface area contributed by atoms with Crippen LogP contribution in [0.5, 0.6) is 0 Å². The van der Waals surface area contributed by atoms with Crippen LogP contribution in [0.1, 0.15) is 17.8 Å². The van der Waals surface area contributed by atoms with Crippen LogP contribution in [-0.2, 0) is 6.18 Å². The third-order valence-electron chi connectivity index (χ3n) is 2.76. The zero-order chi connectivity index (χ0) is 12.6. The molecule has 0 spiro atoms. The largest absolute Gasteiger partial charge is 0.433 e. The van der Waals surface area contributed by atoms with Crippen LogP contribution in [0, 0.1) is 6.92 Å². The lowest BCUT2D eigenvalue weighted by Gasteiger charge is -2.19. The highest BCUT2D eigenvalue weighted by Crippen LogP contribution is 2.31. The molecule has 2 heterocycles. The maximum absolute atomic E-state index is 12.6. The molecule has 3 nitrogen and oxygen atoms in total. The van der Waals surface area contributed by atoms with Crippen molar-refractivity contribution in [3.8, 4) is 0 Å². The number of anilines is 1. The van der Waals surface area contributed by atoms with Crippen LogP contribution in [0.2, 0.25) is 0 Å². The van der Waals surface area contributed by atoms with Gasteiger partial charge in [-0.3, -0.25) is 0 Å². The molecule has 6 heteroatoms. The van der Waals surface area contributed by atoms with Gasteiger partial charge in [-0.2, -0.15) is 13.2 Å². The molecule has 1 fully saturated rings. The molecule has 17 heavy (non-hydrogen) atoms. The minimum Gasteiger partial charge on any atom is -0.391 e.